The highest BCUT2D eigenvalue weighted by molar-refractivity contribution is 7.89. The highest BCUT2D eigenvalue weighted by atomic mass is 32.2. The first-order chi connectivity index (χ1) is 9.26. The molecular weight excluding hydrogens is 272 g/mol. The van der Waals surface area contributed by atoms with Gasteiger partial charge in [-0.25, -0.2) is 13.1 Å². The lowest BCUT2D eigenvalue weighted by molar-refractivity contribution is 0.562. The van der Waals surface area contributed by atoms with Gasteiger partial charge < -0.3 is 5.32 Å². The second kappa shape index (κ2) is 7.20. The van der Waals surface area contributed by atoms with Crippen LogP contribution in [0.2, 0.25) is 0 Å². The Morgan fingerprint density at radius 3 is 2.20 bits per heavy atom. The fourth-order valence-corrected chi connectivity index (χ4v) is 3.65. The van der Waals surface area contributed by atoms with Gasteiger partial charge >= 0.3 is 0 Å². The minimum atomic E-state index is -3.15. The summed E-state index contributed by atoms with van der Waals surface area (Å²) in [4.78, 5) is 0. The van der Waals surface area contributed by atoms with Crippen LogP contribution in [0.3, 0.4) is 0 Å². The van der Waals surface area contributed by atoms with E-state index in [1.165, 1.54) is 22.3 Å². The molecule has 0 bridgehead atoms. The molecule has 0 saturated heterocycles. The second-order valence-corrected chi connectivity index (χ2v) is 7.23. The van der Waals surface area contributed by atoms with Gasteiger partial charge in [-0.15, -0.1) is 0 Å². The number of hydrogen-bond donors (Lipinski definition) is 2. The van der Waals surface area contributed by atoms with Gasteiger partial charge in [-0.05, 0) is 44.4 Å². The van der Waals surface area contributed by atoms with E-state index in [1.807, 2.05) is 0 Å². The first-order valence-electron chi connectivity index (χ1n) is 7.05. The van der Waals surface area contributed by atoms with E-state index in [9.17, 15) is 8.42 Å². The van der Waals surface area contributed by atoms with Crippen LogP contribution in [0.25, 0.3) is 0 Å². The van der Waals surface area contributed by atoms with Crippen molar-refractivity contribution < 1.29 is 8.42 Å². The molecular formula is C15H26N2O2S. The Morgan fingerprint density at radius 2 is 1.70 bits per heavy atom. The van der Waals surface area contributed by atoms with Crippen LogP contribution in [-0.2, 0) is 10.0 Å². The van der Waals surface area contributed by atoms with E-state index in [1.54, 1.807) is 6.92 Å². The van der Waals surface area contributed by atoms with Crippen molar-refractivity contribution in [3.63, 3.8) is 0 Å². The van der Waals surface area contributed by atoms with E-state index in [-0.39, 0.29) is 11.8 Å². The van der Waals surface area contributed by atoms with E-state index in [2.05, 4.69) is 49.9 Å². The van der Waals surface area contributed by atoms with Crippen LogP contribution >= 0.6 is 0 Å². The van der Waals surface area contributed by atoms with Gasteiger partial charge in [0.05, 0.1) is 5.75 Å². The molecule has 1 aromatic rings. The molecule has 0 aliphatic carbocycles. The normalized spacial score (nSPS) is 13.4. The standard InChI is InChI=1S/C15H26N2O2S/c1-6-17-20(18,19)8-7-16-14(5)15-12(3)9-11(2)10-13(15)4/h9-10,14,16-17H,6-8H2,1-5H3. The molecule has 1 unspecified atom stereocenters. The maximum Gasteiger partial charge on any atom is 0.212 e. The molecule has 4 nitrogen and oxygen atoms in total. The Labute approximate surface area is 123 Å². The molecule has 0 spiro atoms. The Kier molecular flexibility index (Phi) is 6.17. The van der Waals surface area contributed by atoms with Crippen LogP contribution in [0.1, 0.15) is 42.1 Å². The quantitative estimate of drug-likeness (QED) is 0.811. The molecule has 5 heteroatoms. The molecule has 0 aliphatic rings. The molecule has 114 valence electrons. The van der Waals surface area contributed by atoms with Crippen LogP contribution in [0.4, 0.5) is 0 Å². The smallest absolute Gasteiger partial charge is 0.212 e. The second-order valence-electron chi connectivity index (χ2n) is 5.30. The molecule has 0 radical (unpaired) electrons. The maximum absolute atomic E-state index is 11.6. The average Bonchev–Trinajstić information content (AvgIpc) is 2.26. The first kappa shape index (κ1) is 17.1. The molecule has 1 atom stereocenters. The molecule has 0 aliphatic heterocycles. The van der Waals surface area contributed by atoms with Crippen molar-refractivity contribution in [2.75, 3.05) is 18.8 Å². The van der Waals surface area contributed by atoms with E-state index in [0.29, 0.717) is 13.1 Å². The summed E-state index contributed by atoms with van der Waals surface area (Å²) in [6.45, 7) is 11.0. The van der Waals surface area contributed by atoms with Crippen molar-refractivity contribution in [2.24, 2.45) is 0 Å². The molecule has 0 heterocycles. The molecule has 0 amide bonds. The summed E-state index contributed by atoms with van der Waals surface area (Å²) < 4.78 is 25.6. The van der Waals surface area contributed by atoms with Crippen LogP contribution in [0.15, 0.2) is 12.1 Å². The van der Waals surface area contributed by atoms with Crippen molar-refractivity contribution in [1.29, 1.82) is 0 Å². The Hall–Kier alpha value is -0.910. The topological polar surface area (TPSA) is 58.2 Å². The number of aryl methyl sites for hydroxylation is 3. The fraction of sp³-hybridized carbons (Fsp3) is 0.600. The van der Waals surface area contributed by atoms with Crippen molar-refractivity contribution >= 4 is 10.0 Å². The fourth-order valence-electron chi connectivity index (χ4n) is 2.68. The summed E-state index contributed by atoms with van der Waals surface area (Å²) in [7, 11) is -3.15. The summed E-state index contributed by atoms with van der Waals surface area (Å²) >= 11 is 0. The van der Waals surface area contributed by atoms with Crippen molar-refractivity contribution in [3.05, 3.63) is 34.4 Å². The van der Waals surface area contributed by atoms with Gasteiger partial charge in [0, 0.05) is 19.1 Å². The summed E-state index contributed by atoms with van der Waals surface area (Å²) in [5.41, 5.74) is 5.01. The summed E-state index contributed by atoms with van der Waals surface area (Å²) in [5.74, 6) is 0.106. The Bertz CT molecular complexity index is 530. The predicted octanol–water partition coefficient (Wildman–Crippen LogP) is 2.20. The molecule has 1 rings (SSSR count). The first-order valence-corrected chi connectivity index (χ1v) is 8.70. The monoisotopic (exact) mass is 298 g/mol. The van der Waals surface area contributed by atoms with Crippen LogP contribution < -0.4 is 10.0 Å². The zero-order chi connectivity index (χ0) is 15.3. The number of sulfonamides is 1. The summed E-state index contributed by atoms with van der Waals surface area (Å²) in [5, 5.41) is 3.30. The van der Waals surface area contributed by atoms with Crippen molar-refractivity contribution in [2.45, 2.75) is 40.7 Å². The van der Waals surface area contributed by atoms with Crippen LogP contribution in [-0.4, -0.2) is 27.3 Å². The predicted molar refractivity (Wildman–Crippen MR) is 84.5 cm³/mol. The van der Waals surface area contributed by atoms with Crippen LogP contribution in [0.5, 0.6) is 0 Å². The van der Waals surface area contributed by atoms with Crippen molar-refractivity contribution in [3.8, 4) is 0 Å². The minimum Gasteiger partial charge on any atom is -0.309 e. The molecule has 0 aromatic heterocycles. The van der Waals surface area contributed by atoms with E-state index in [4.69, 9.17) is 0 Å². The highest BCUT2D eigenvalue weighted by Gasteiger charge is 2.13. The SMILES string of the molecule is CCNS(=O)(=O)CCNC(C)c1c(C)cc(C)cc1C. The van der Waals surface area contributed by atoms with Gasteiger partial charge in [0.15, 0.2) is 0 Å². The van der Waals surface area contributed by atoms with E-state index < -0.39 is 10.0 Å². The van der Waals surface area contributed by atoms with Gasteiger partial charge in [-0.2, -0.15) is 0 Å². The van der Waals surface area contributed by atoms with Gasteiger partial charge in [0.1, 0.15) is 0 Å². The number of benzene rings is 1. The number of rotatable bonds is 7. The lowest BCUT2D eigenvalue weighted by Crippen LogP contribution is -2.33. The van der Waals surface area contributed by atoms with E-state index >= 15 is 0 Å². The van der Waals surface area contributed by atoms with Crippen molar-refractivity contribution in [1.82, 2.24) is 10.0 Å². The molecule has 1 aromatic carbocycles. The Balaban J connectivity index is 2.67. The third-order valence-electron chi connectivity index (χ3n) is 3.36. The summed E-state index contributed by atoms with van der Waals surface area (Å²) in [6, 6.07) is 4.47. The largest absolute Gasteiger partial charge is 0.309 e. The molecule has 20 heavy (non-hydrogen) atoms. The maximum atomic E-state index is 11.6. The third kappa shape index (κ3) is 4.89. The highest BCUT2D eigenvalue weighted by Crippen LogP contribution is 2.23. The van der Waals surface area contributed by atoms with E-state index in [0.717, 1.165) is 0 Å². The molecule has 0 fully saturated rings. The number of hydrogen-bond acceptors (Lipinski definition) is 3. The number of nitrogens with one attached hydrogen (secondary N) is 2. The minimum absolute atomic E-state index is 0.106. The zero-order valence-corrected chi connectivity index (χ0v) is 13.9. The summed E-state index contributed by atoms with van der Waals surface area (Å²) in [6.07, 6.45) is 0. The van der Waals surface area contributed by atoms with Crippen LogP contribution in [0, 0.1) is 20.8 Å². The van der Waals surface area contributed by atoms with Gasteiger partial charge in [0.2, 0.25) is 10.0 Å². The van der Waals surface area contributed by atoms with Gasteiger partial charge in [-0.1, -0.05) is 24.6 Å². The lowest BCUT2D eigenvalue weighted by Gasteiger charge is -2.20. The average molecular weight is 298 g/mol. The lowest BCUT2D eigenvalue weighted by atomic mass is 9.95. The Morgan fingerprint density at radius 1 is 1.15 bits per heavy atom. The molecule has 0 saturated carbocycles. The zero-order valence-electron chi connectivity index (χ0n) is 13.1. The third-order valence-corrected chi connectivity index (χ3v) is 4.83. The van der Waals surface area contributed by atoms with Gasteiger partial charge in [-0.3, -0.25) is 0 Å². The molecule has 2 N–H and O–H groups in total. The van der Waals surface area contributed by atoms with Gasteiger partial charge in [0.25, 0.3) is 0 Å².